The molecule has 25 heavy (non-hydrogen) atoms. The molecule has 2 aliphatic rings. The average Bonchev–Trinajstić information content (AvgIpc) is 2.86. The van der Waals surface area contributed by atoms with Crippen LogP contribution in [0.25, 0.3) is 0 Å². The Morgan fingerprint density at radius 1 is 1.40 bits per heavy atom. The standard InChI is InChI=1S/C18H31N5O2/c1-14(2)23-7-8-24-12-18(11-23)6-5-15(25-18)10-19-16-9-17(22(3)4)21-13-20-16/h9,13-15H,5-8,10-12H2,1-4H3,(H,19,20,21)/t15-,18-/m1/s1. The van der Waals surface area contributed by atoms with Crippen LogP contribution in [-0.2, 0) is 9.47 Å². The van der Waals surface area contributed by atoms with Crippen LogP contribution in [0.4, 0.5) is 11.6 Å². The molecule has 1 N–H and O–H groups in total. The summed E-state index contributed by atoms with van der Waals surface area (Å²) < 4.78 is 12.3. The van der Waals surface area contributed by atoms with Gasteiger partial charge in [-0.2, -0.15) is 0 Å². The molecule has 2 saturated heterocycles. The Balaban J connectivity index is 1.56. The zero-order chi connectivity index (χ0) is 17.9. The summed E-state index contributed by atoms with van der Waals surface area (Å²) in [6, 6.07) is 2.48. The van der Waals surface area contributed by atoms with Crippen LogP contribution in [0.3, 0.4) is 0 Å². The summed E-state index contributed by atoms with van der Waals surface area (Å²) in [7, 11) is 3.95. The Morgan fingerprint density at radius 3 is 3.00 bits per heavy atom. The van der Waals surface area contributed by atoms with Gasteiger partial charge in [0.2, 0.25) is 0 Å². The van der Waals surface area contributed by atoms with Gasteiger partial charge in [0, 0.05) is 45.8 Å². The molecule has 0 aromatic carbocycles. The molecule has 1 aromatic rings. The van der Waals surface area contributed by atoms with E-state index in [0.29, 0.717) is 12.6 Å². The molecule has 7 nitrogen and oxygen atoms in total. The van der Waals surface area contributed by atoms with E-state index in [1.54, 1.807) is 6.33 Å². The van der Waals surface area contributed by atoms with Crippen molar-refractivity contribution in [2.75, 3.05) is 57.2 Å². The monoisotopic (exact) mass is 349 g/mol. The van der Waals surface area contributed by atoms with Crippen molar-refractivity contribution in [3.63, 3.8) is 0 Å². The molecule has 1 aromatic heterocycles. The average molecular weight is 349 g/mol. The minimum atomic E-state index is -0.159. The largest absolute Gasteiger partial charge is 0.377 e. The summed E-state index contributed by atoms with van der Waals surface area (Å²) in [5.41, 5.74) is -0.159. The molecule has 1 spiro atoms. The summed E-state index contributed by atoms with van der Waals surface area (Å²) in [5, 5.41) is 3.40. The smallest absolute Gasteiger partial charge is 0.133 e. The predicted octanol–water partition coefficient (Wildman–Crippen LogP) is 1.61. The molecule has 0 amide bonds. The van der Waals surface area contributed by atoms with E-state index in [4.69, 9.17) is 9.47 Å². The molecule has 2 atom stereocenters. The molecule has 3 heterocycles. The second-order valence-corrected chi connectivity index (χ2v) is 7.62. The first-order valence-corrected chi connectivity index (χ1v) is 9.20. The van der Waals surface area contributed by atoms with Crippen molar-refractivity contribution in [2.45, 2.75) is 44.4 Å². The van der Waals surface area contributed by atoms with E-state index in [9.17, 15) is 0 Å². The number of aromatic nitrogens is 2. The van der Waals surface area contributed by atoms with E-state index in [2.05, 4.69) is 34.0 Å². The lowest BCUT2D eigenvalue weighted by atomic mass is 9.99. The highest BCUT2D eigenvalue weighted by molar-refractivity contribution is 5.47. The number of hydrogen-bond donors (Lipinski definition) is 1. The van der Waals surface area contributed by atoms with E-state index in [1.807, 2.05) is 25.1 Å². The fraction of sp³-hybridized carbons (Fsp3) is 0.778. The zero-order valence-corrected chi connectivity index (χ0v) is 15.9. The molecule has 0 radical (unpaired) electrons. The number of nitrogens with one attached hydrogen (secondary N) is 1. The fourth-order valence-electron chi connectivity index (χ4n) is 3.54. The quantitative estimate of drug-likeness (QED) is 0.866. The molecule has 2 aliphatic heterocycles. The summed E-state index contributed by atoms with van der Waals surface area (Å²) in [4.78, 5) is 13.0. The van der Waals surface area contributed by atoms with E-state index in [1.165, 1.54) is 0 Å². The van der Waals surface area contributed by atoms with Gasteiger partial charge in [0.15, 0.2) is 0 Å². The highest BCUT2D eigenvalue weighted by Crippen LogP contribution is 2.33. The summed E-state index contributed by atoms with van der Waals surface area (Å²) in [5.74, 6) is 1.73. The van der Waals surface area contributed by atoms with Gasteiger partial charge >= 0.3 is 0 Å². The molecular weight excluding hydrogens is 318 g/mol. The first-order valence-electron chi connectivity index (χ1n) is 9.20. The second-order valence-electron chi connectivity index (χ2n) is 7.62. The Bertz CT molecular complexity index is 568. The van der Waals surface area contributed by atoms with Crippen molar-refractivity contribution in [1.29, 1.82) is 0 Å². The van der Waals surface area contributed by atoms with E-state index >= 15 is 0 Å². The van der Waals surface area contributed by atoms with Crippen LogP contribution < -0.4 is 10.2 Å². The lowest BCUT2D eigenvalue weighted by Crippen LogP contribution is -2.47. The SMILES string of the molecule is CC(C)N1CCOC[C@@]2(CC[C@H](CNc3cc(N(C)C)ncn3)O2)C1. The molecule has 7 heteroatoms. The van der Waals surface area contributed by atoms with Crippen LogP contribution >= 0.6 is 0 Å². The van der Waals surface area contributed by atoms with E-state index < -0.39 is 0 Å². The van der Waals surface area contributed by atoms with Crippen molar-refractivity contribution in [1.82, 2.24) is 14.9 Å². The van der Waals surface area contributed by atoms with E-state index in [0.717, 1.165) is 50.7 Å². The lowest BCUT2D eigenvalue weighted by molar-refractivity contribution is -0.0839. The third-order valence-corrected chi connectivity index (χ3v) is 5.07. The van der Waals surface area contributed by atoms with Crippen molar-refractivity contribution in [3.8, 4) is 0 Å². The first-order chi connectivity index (χ1) is 12.0. The van der Waals surface area contributed by atoms with Crippen LogP contribution in [0, 0.1) is 0 Å². The second kappa shape index (κ2) is 7.85. The molecular formula is C18H31N5O2. The molecule has 0 unspecified atom stereocenters. The maximum absolute atomic E-state index is 6.47. The highest BCUT2D eigenvalue weighted by atomic mass is 16.6. The number of anilines is 2. The van der Waals surface area contributed by atoms with Crippen LogP contribution in [0.2, 0.25) is 0 Å². The third-order valence-electron chi connectivity index (χ3n) is 5.07. The first kappa shape index (κ1) is 18.4. The van der Waals surface area contributed by atoms with Gasteiger partial charge in [0.25, 0.3) is 0 Å². The van der Waals surface area contributed by atoms with Crippen LogP contribution in [0.1, 0.15) is 26.7 Å². The summed E-state index contributed by atoms with van der Waals surface area (Å²) >= 11 is 0. The molecule has 0 saturated carbocycles. The summed E-state index contributed by atoms with van der Waals surface area (Å²) in [6.45, 7) is 8.67. The van der Waals surface area contributed by atoms with Gasteiger partial charge in [-0.05, 0) is 26.7 Å². The van der Waals surface area contributed by atoms with Gasteiger partial charge in [0.1, 0.15) is 23.6 Å². The number of nitrogens with zero attached hydrogens (tertiary/aromatic N) is 4. The normalized spacial score (nSPS) is 27.6. The molecule has 3 rings (SSSR count). The Kier molecular flexibility index (Phi) is 5.76. The maximum atomic E-state index is 6.47. The van der Waals surface area contributed by atoms with Crippen LogP contribution in [0.15, 0.2) is 12.4 Å². The van der Waals surface area contributed by atoms with Crippen molar-refractivity contribution < 1.29 is 9.47 Å². The van der Waals surface area contributed by atoms with E-state index in [-0.39, 0.29) is 11.7 Å². The van der Waals surface area contributed by atoms with Gasteiger partial charge in [-0.3, -0.25) is 4.90 Å². The topological polar surface area (TPSA) is 62.8 Å². The number of ether oxygens (including phenoxy) is 2. The van der Waals surface area contributed by atoms with Crippen LogP contribution in [-0.4, -0.2) is 79.6 Å². The Morgan fingerprint density at radius 2 is 2.24 bits per heavy atom. The van der Waals surface area contributed by atoms with Gasteiger partial charge < -0.3 is 19.7 Å². The molecule has 2 fully saturated rings. The van der Waals surface area contributed by atoms with Crippen molar-refractivity contribution in [3.05, 3.63) is 12.4 Å². The Labute approximate surface area is 150 Å². The van der Waals surface area contributed by atoms with Gasteiger partial charge in [-0.15, -0.1) is 0 Å². The number of rotatable bonds is 5. The molecule has 140 valence electrons. The Hall–Kier alpha value is -1.44. The summed E-state index contributed by atoms with van der Waals surface area (Å²) in [6.07, 6.45) is 3.88. The van der Waals surface area contributed by atoms with Crippen molar-refractivity contribution in [2.24, 2.45) is 0 Å². The third kappa shape index (κ3) is 4.59. The lowest BCUT2D eigenvalue weighted by Gasteiger charge is -2.34. The highest BCUT2D eigenvalue weighted by Gasteiger charge is 2.43. The van der Waals surface area contributed by atoms with Gasteiger partial charge in [-0.25, -0.2) is 9.97 Å². The van der Waals surface area contributed by atoms with Gasteiger partial charge in [-0.1, -0.05) is 0 Å². The van der Waals surface area contributed by atoms with Crippen LogP contribution in [0.5, 0.6) is 0 Å². The zero-order valence-electron chi connectivity index (χ0n) is 15.9. The number of hydrogen-bond acceptors (Lipinski definition) is 7. The van der Waals surface area contributed by atoms with Gasteiger partial charge in [0.05, 0.1) is 19.3 Å². The minimum Gasteiger partial charge on any atom is -0.377 e. The van der Waals surface area contributed by atoms with Crippen molar-refractivity contribution >= 4 is 11.6 Å². The maximum Gasteiger partial charge on any atom is 0.133 e. The molecule has 0 aliphatic carbocycles. The predicted molar refractivity (Wildman–Crippen MR) is 99.2 cm³/mol. The minimum absolute atomic E-state index is 0.159. The molecule has 0 bridgehead atoms. The fourth-order valence-corrected chi connectivity index (χ4v) is 3.54.